The van der Waals surface area contributed by atoms with E-state index in [4.69, 9.17) is 4.84 Å². The third kappa shape index (κ3) is 2.26. The Morgan fingerprint density at radius 2 is 2.08 bits per heavy atom. The summed E-state index contributed by atoms with van der Waals surface area (Å²) in [7, 11) is 0. The number of amidine groups is 1. The Morgan fingerprint density at radius 1 is 1.21 bits per heavy atom. The number of anilines is 1. The second kappa shape index (κ2) is 5.18. The van der Waals surface area contributed by atoms with Gasteiger partial charge < -0.3 is 10.2 Å². The molecule has 24 heavy (non-hydrogen) atoms. The molecule has 0 saturated carbocycles. The van der Waals surface area contributed by atoms with E-state index in [9.17, 15) is 0 Å². The Bertz CT molecular complexity index is 825. The number of hydrogen-bond acceptors (Lipinski definition) is 5. The number of pyridine rings is 1. The lowest BCUT2D eigenvalue weighted by molar-refractivity contribution is -0.136. The number of aromatic nitrogens is 1. The smallest absolute Gasteiger partial charge is 0.160 e. The Balaban J connectivity index is 1.35. The van der Waals surface area contributed by atoms with Crippen LogP contribution in [0.2, 0.25) is 0 Å². The number of oxime groups is 1. The Morgan fingerprint density at radius 3 is 2.88 bits per heavy atom. The number of fused-ring (bicyclic) bond motifs is 3. The van der Waals surface area contributed by atoms with Crippen LogP contribution in [0.5, 0.6) is 0 Å². The van der Waals surface area contributed by atoms with E-state index >= 15 is 0 Å². The van der Waals surface area contributed by atoms with Gasteiger partial charge >= 0.3 is 0 Å². The molecule has 2 aromatic rings. The number of benzene rings is 1. The van der Waals surface area contributed by atoms with Crippen molar-refractivity contribution >= 4 is 22.4 Å². The standard InChI is InChI=1S/C19H22N4O/c1-13-2-3-14-11-20-17(9-15(14)8-13)21-18-10-19(24-22-18)12-23-6-4-16(19)5-7-23/h2-3,8-9,11,16H,4-7,10,12H2,1H3,(H,20,21,22). The monoisotopic (exact) mass is 322 g/mol. The van der Waals surface area contributed by atoms with Gasteiger partial charge in [0.25, 0.3) is 0 Å². The summed E-state index contributed by atoms with van der Waals surface area (Å²) < 4.78 is 0. The minimum absolute atomic E-state index is 0.105. The predicted molar refractivity (Wildman–Crippen MR) is 95.1 cm³/mol. The fourth-order valence-corrected chi connectivity index (χ4v) is 4.47. The van der Waals surface area contributed by atoms with Crippen molar-refractivity contribution in [3.05, 3.63) is 36.0 Å². The van der Waals surface area contributed by atoms with Crippen LogP contribution in [-0.2, 0) is 4.84 Å². The van der Waals surface area contributed by atoms with Gasteiger partial charge in [0.2, 0.25) is 0 Å². The summed E-state index contributed by atoms with van der Waals surface area (Å²) in [6, 6.07) is 8.50. The van der Waals surface area contributed by atoms with E-state index in [-0.39, 0.29) is 5.60 Å². The van der Waals surface area contributed by atoms with Gasteiger partial charge in [-0.25, -0.2) is 4.98 Å². The second-order valence-electron chi connectivity index (χ2n) is 7.47. The van der Waals surface area contributed by atoms with E-state index in [1.54, 1.807) is 0 Å². The molecule has 0 radical (unpaired) electrons. The summed E-state index contributed by atoms with van der Waals surface area (Å²) in [5.41, 5.74) is 1.15. The first-order valence-electron chi connectivity index (χ1n) is 8.81. The van der Waals surface area contributed by atoms with E-state index < -0.39 is 0 Å². The van der Waals surface area contributed by atoms with Gasteiger partial charge in [0.05, 0.1) is 6.42 Å². The Labute approximate surface area is 141 Å². The molecule has 5 heteroatoms. The zero-order valence-corrected chi connectivity index (χ0v) is 14.0. The molecule has 1 unspecified atom stereocenters. The highest BCUT2D eigenvalue weighted by Gasteiger charge is 2.52. The number of hydrogen-bond donors (Lipinski definition) is 1. The number of rotatable bonds is 1. The van der Waals surface area contributed by atoms with Crippen LogP contribution in [0.4, 0.5) is 5.82 Å². The van der Waals surface area contributed by atoms with Gasteiger partial charge in [-0.3, -0.25) is 4.90 Å². The van der Waals surface area contributed by atoms with E-state index in [0.29, 0.717) is 5.92 Å². The van der Waals surface area contributed by atoms with Gasteiger partial charge in [-0.15, -0.1) is 0 Å². The number of nitrogens with one attached hydrogen (secondary N) is 1. The highest BCUT2D eigenvalue weighted by atomic mass is 16.7. The molecular formula is C19H22N4O. The van der Waals surface area contributed by atoms with E-state index in [0.717, 1.165) is 30.0 Å². The van der Waals surface area contributed by atoms with Gasteiger partial charge in [0.1, 0.15) is 5.82 Å². The summed E-state index contributed by atoms with van der Waals surface area (Å²) in [5.74, 6) is 2.38. The van der Waals surface area contributed by atoms with Crippen LogP contribution in [0.1, 0.15) is 24.8 Å². The zero-order chi connectivity index (χ0) is 16.1. The molecule has 5 heterocycles. The molecule has 1 atom stereocenters. The third-order valence-electron chi connectivity index (χ3n) is 5.78. The molecule has 124 valence electrons. The largest absolute Gasteiger partial charge is 0.386 e. The van der Waals surface area contributed by atoms with Crippen LogP contribution in [0.15, 0.2) is 35.6 Å². The average molecular weight is 322 g/mol. The van der Waals surface area contributed by atoms with Crippen molar-refractivity contribution in [2.75, 3.05) is 25.0 Å². The van der Waals surface area contributed by atoms with Gasteiger partial charge in [0.15, 0.2) is 11.4 Å². The van der Waals surface area contributed by atoms with Crippen LogP contribution < -0.4 is 5.32 Å². The Kier molecular flexibility index (Phi) is 3.07. The fourth-order valence-electron chi connectivity index (χ4n) is 4.47. The summed E-state index contributed by atoms with van der Waals surface area (Å²) in [6.07, 6.45) is 5.24. The second-order valence-corrected chi connectivity index (χ2v) is 7.47. The molecule has 5 nitrogen and oxygen atoms in total. The lowest BCUT2D eigenvalue weighted by Crippen LogP contribution is -2.59. The molecule has 0 aliphatic carbocycles. The number of piperidine rings is 3. The van der Waals surface area contributed by atoms with E-state index in [1.165, 1.54) is 36.9 Å². The molecular weight excluding hydrogens is 300 g/mol. The summed E-state index contributed by atoms with van der Waals surface area (Å²) in [5, 5.41) is 10.1. The zero-order valence-electron chi connectivity index (χ0n) is 14.0. The van der Waals surface area contributed by atoms with Crippen LogP contribution in [0.3, 0.4) is 0 Å². The SMILES string of the molecule is Cc1ccc2cnc(NC3=NOC4(C3)CN3CCC4CC3)cc2c1. The van der Waals surface area contributed by atoms with Gasteiger partial charge in [-0.2, -0.15) is 0 Å². The van der Waals surface area contributed by atoms with Crippen molar-refractivity contribution < 1.29 is 4.84 Å². The maximum absolute atomic E-state index is 5.96. The van der Waals surface area contributed by atoms with Crippen LogP contribution >= 0.6 is 0 Å². The van der Waals surface area contributed by atoms with Crippen LogP contribution in [0.25, 0.3) is 10.8 Å². The molecule has 0 amide bonds. The highest BCUT2D eigenvalue weighted by molar-refractivity contribution is 5.97. The van der Waals surface area contributed by atoms with Gasteiger partial charge in [-0.1, -0.05) is 28.9 Å². The van der Waals surface area contributed by atoms with Crippen molar-refractivity contribution in [2.24, 2.45) is 11.1 Å². The molecule has 2 bridgehead atoms. The molecule has 1 spiro atoms. The lowest BCUT2D eigenvalue weighted by atomic mass is 9.73. The van der Waals surface area contributed by atoms with E-state index in [2.05, 4.69) is 51.5 Å². The van der Waals surface area contributed by atoms with Gasteiger partial charge in [0, 0.05) is 24.0 Å². The summed E-state index contributed by atoms with van der Waals surface area (Å²) >= 11 is 0. The Hall–Kier alpha value is -2.14. The number of nitrogens with zero attached hydrogens (tertiary/aromatic N) is 3. The first-order chi connectivity index (χ1) is 11.7. The molecule has 3 saturated heterocycles. The first kappa shape index (κ1) is 14.2. The topological polar surface area (TPSA) is 49.8 Å². The van der Waals surface area contributed by atoms with Crippen molar-refractivity contribution in [3.63, 3.8) is 0 Å². The maximum Gasteiger partial charge on any atom is 0.160 e. The summed E-state index contributed by atoms with van der Waals surface area (Å²) in [6.45, 7) is 5.55. The maximum atomic E-state index is 5.96. The minimum atomic E-state index is -0.105. The molecule has 3 fully saturated rings. The normalized spacial score (nSPS) is 31.3. The molecule has 1 aromatic heterocycles. The molecule has 6 rings (SSSR count). The molecule has 1 aromatic carbocycles. The molecule has 4 aliphatic rings. The molecule has 4 aliphatic heterocycles. The molecule has 1 N–H and O–H groups in total. The van der Waals surface area contributed by atoms with Crippen LogP contribution in [-0.4, -0.2) is 41.0 Å². The quantitative estimate of drug-likeness (QED) is 0.876. The van der Waals surface area contributed by atoms with Crippen molar-refractivity contribution in [1.82, 2.24) is 9.88 Å². The van der Waals surface area contributed by atoms with Crippen molar-refractivity contribution in [2.45, 2.75) is 31.8 Å². The van der Waals surface area contributed by atoms with Gasteiger partial charge in [-0.05, 0) is 44.3 Å². The predicted octanol–water partition coefficient (Wildman–Crippen LogP) is 3.15. The van der Waals surface area contributed by atoms with Crippen molar-refractivity contribution in [3.8, 4) is 0 Å². The average Bonchev–Trinajstić information content (AvgIpc) is 2.97. The summed E-state index contributed by atoms with van der Waals surface area (Å²) in [4.78, 5) is 13.0. The highest BCUT2D eigenvalue weighted by Crippen LogP contribution is 2.43. The minimum Gasteiger partial charge on any atom is -0.386 e. The van der Waals surface area contributed by atoms with E-state index in [1.807, 2.05) is 6.20 Å². The third-order valence-corrected chi connectivity index (χ3v) is 5.78. The fraction of sp³-hybridized carbons (Fsp3) is 0.474. The van der Waals surface area contributed by atoms with Crippen molar-refractivity contribution in [1.29, 1.82) is 0 Å². The van der Waals surface area contributed by atoms with Crippen LogP contribution in [0, 0.1) is 12.8 Å². The lowest BCUT2D eigenvalue weighted by Gasteiger charge is -2.49. The first-order valence-corrected chi connectivity index (χ1v) is 8.81. The number of aryl methyl sites for hydroxylation is 1.